The lowest BCUT2D eigenvalue weighted by Crippen LogP contribution is -2.48. The van der Waals surface area contributed by atoms with Crippen LogP contribution in [0.3, 0.4) is 0 Å². The first kappa shape index (κ1) is 14.8. The van der Waals surface area contributed by atoms with E-state index in [0.29, 0.717) is 11.9 Å². The fourth-order valence-corrected chi connectivity index (χ4v) is 3.46. The van der Waals surface area contributed by atoms with Gasteiger partial charge in [-0.1, -0.05) is 13.8 Å². The molecule has 2 unspecified atom stereocenters. The van der Waals surface area contributed by atoms with Crippen molar-refractivity contribution in [1.29, 1.82) is 0 Å². The van der Waals surface area contributed by atoms with E-state index in [1.54, 1.807) is 0 Å². The molecule has 0 spiro atoms. The molecule has 100 valence electrons. The summed E-state index contributed by atoms with van der Waals surface area (Å²) in [5, 5.41) is 3.34. The molecule has 1 saturated heterocycles. The molecule has 1 N–H and O–H groups in total. The zero-order valence-corrected chi connectivity index (χ0v) is 12.4. The monoisotopic (exact) mass is 258 g/mol. The van der Waals surface area contributed by atoms with Crippen LogP contribution in [0.15, 0.2) is 0 Å². The van der Waals surface area contributed by atoms with Gasteiger partial charge >= 0.3 is 0 Å². The molecule has 0 aliphatic carbocycles. The number of amides is 1. The van der Waals surface area contributed by atoms with Gasteiger partial charge in [-0.3, -0.25) is 4.79 Å². The summed E-state index contributed by atoms with van der Waals surface area (Å²) in [6, 6.07) is 0.376. The molecule has 17 heavy (non-hydrogen) atoms. The number of thioether (sulfide) groups is 1. The van der Waals surface area contributed by atoms with E-state index in [1.165, 1.54) is 0 Å². The van der Waals surface area contributed by atoms with Gasteiger partial charge < -0.3 is 10.2 Å². The van der Waals surface area contributed by atoms with Crippen molar-refractivity contribution < 1.29 is 4.79 Å². The summed E-state index contributed by atoms with van der Waals surface area (Å²) in [4.78, 5) is 14.6. The van der Waals surface area contributed by atoms with Crippen molar-refractivity contribution in [1.82, 2.24) is 10.2 Å². The van der Waals surface area contributed by atoms with Crippen molar-refractivity contribution in [3.8, 4) is 0 Å². The average molecular weight is 258 g/mol. The highest BCUT2D eigenvalue weighted by molar-refractivity contribution is 7.98. The van der Waals surface area contributed by atoms with Crippen LogP contribution >= 0.6 is 11.8 Å². The third-order valence-corrected chi connectivity index (χ3v) is 4.79. The normalized spacial score (nSPS) is 25.9. The van der Waals surface area contributed by atoms with Crippen LogP contribution in [0.4, 0.5) is 0 Å². The smallest absolute Gasteiger partial charge is 0.230 e. The highest BCUT2D eigenvalue weighted by Gasteiger charge is 2.42. The largest absolute Gasteiger partial charge is 0.341 e. The minimum absolute atomic E-state index is 0.138. The number of hydrogen-bond acceptors (Lipinski definition) is 3. The van der Waals surface area contributed by atoms with E-state index in [9.17, 15) is 4.79 Å². The molecule has 1 heterocycles. The van der Waals surface area contributed by atoms with Crippen LogP contribution < -0.4 is 5.32 Å². The Balaban J connectivity index is 2.72. The molecule has 1 aliphatic rings. The Morgan fingerprint density at radius 2 is 2.24 bits per heavy atom. The van der Waals surface area contributed by atoms with Gasteiger partial charge in [0.15, 0.2) is 0 Å². The summed E-state index contributed by atoms with van der Waals surface area (Å²) < 4.78 is 0. The number of nitrogens with zero attached hydrogens (tertiary/aromatic N) is 1. The molecule has 4 heteroatoms. The van der Waals surface area contributed by atoms with Gasteiger partial charge in [-0.05, 0) is 32.1 Å². The van der Waals surface area contributed by atoms with Crippen LogP contribution in [0, 0.1) is 5.41 Å². The van der Waals surface area contributed by atoms with E-state index in [0.717, 1.165) is 38.1 Å². The highest BCUT2D eigenvalue weighted by atomic mass is 32.2. The summed E-state index contributed by atoms with van der Waals surface area (Å²) in [6.45, 7) is 6.12. The Morgan fingerprint density at radius 1 is 1.53 bits per heavy atom. The predicted octanol–water partition coefficient (Wildman–Crippen LogP) is 1.98. The number of rotatable bonds is 6. The molecule has 1 aliphatic heterocycles. The van der Waals surface area contributed by atoms with Crippen molar-refractivity contribution in [2.45, 2.75) is 39.2 Å². The molecule has 0 radical (unpaired) electrons. The van der Waals surface area contributed by atoms with Crippen LogP contribution in [0.5, 0.6) is 0 Å². The third kappa shape index (κ3) is 3.16. The quantitative estimate of drug-likeness (QED) is 0.790. The van der Waals surface area contributed by atoms with Crippen LogP contribution in [0.1, 0.15) is 33.1 Å². The standard InChI is InChI=1S/C13H26N2OS/c1-5-11(9-17-4)15(3)12(16)13(6-2)7-8-14-10-13/h11,14H,5-10H2,1-4H3. The molecule has 1 rings (SSSR count). The number of nitrogens with one attached hydrogen (secondary N) is 1. The number of carbonyl (C=O) groups excluding carboxylic acids is 1. The summed E-state index contributed by atoms with van der Waals surface area (Å²) in [6.07, 6.45) is 5.07. The minimum atomic E-state index is -0.138. The second-order valence-electron chi connectivity index (χ2n) is 4.99. The molecule has 0 saturated carbocycles. The first-order chi connectivity index (χ1) is 8.11. The molecule has 0 aromatic carbocycles. The van der Waals surface area contributed by atoms with Crippen molar-refractivity contribution in [3.05, 3.63) is 0 Å². The van der Waals surface area contributed by atoms with Gasteiger partial charge in [0, 0.05) is 25.4 Å². The molecule has 1 amide bonds. The molecular formula is C13H26N2OS. The summed E-state index contributed by atoms with van der Waals surface area (Å²) in [5.74, 6) is 1.37. The lowest BCUT2D eigenvalue weighted by Gasteiger charge is -2.35. The molecule has 0 bridgehead atoms. The maximum atomic E-state index is 12.7. The van der Waals surface area contributed by atoms with E-state index in [-0.39, 0.29) is 5.41 Å². The van der Waals surface area contributed by atoms with Crippen molar-refractivity contribution in [2.75, 3.05) is 32.1 Å². The van der Waals surface area contributed by atoms with Gasteiger partial charge in [0.25, 0.3) is 0 Å². The van der Waals surface area contributed by atoms with Crippen molar-refractivity contribution in [2.24, 2.45) is 5.41 Å². The van der Waals surface area contributed by atoms with E-state index >= 15 is 0 Å². The SMILES string of the molecule is CCC(CSC)N(C)C(=O)C1(CC)CCNC1. The molecule has 0 aromatic heterocycles. The Morgan fingerprint density at radius 3 is 2.65 bits per heavy atom. The molecule has 2 atom stereocenters. The zero-order chi connectivity index (χ0) is 12.9. The van der Waals surface area contributed by atoms with Crippen LogP contribution in [-0.2, 0) is 4.79 Å². The van der Waals surface area contributed by atoms with E-state index in [2.05, 4.69) is 25.4 Å². The maximum absolute atomic E-state index is 12.7. The third-order valence-electron chi connectivity index (χ3n) is 4.07. The second-order valence-corrected chi connectivity index (χ2v) is 5.90. The topological polar surface area (TPSA) is 32.3 Å². The van der Waals surface area contributed by atoms with Crippen molar-refractivity contribution >= 4 is 17.7 Å². The number of carbonyl (C=O) groups is 1. The Hall–Kier alpha value is -0.220. The molecular weight excluding hydrogens is 232 g/mol. The highest BCUT2D eigenvalue weighted by Crippen LogP contribution is 2.32. The Bertz CT molecular complexity index is 252. The first-order valence-corrected chi connectivity index (χ1v) is 7.97. The van der Waals surface area contributed by atoms with Crippen LogP contribution in [0.25, 0.3) is 0 Å². The summed E-state index contributed by atoms with van der Waals surface area (Å²) >= 11 is 1.82. The van der Waals surface area contributed by atoms with Crippen molar-refractivity contribution in [3.63, 3.8) is 0 Å². The molecule has 0 aromatic rings. The van der Waals surface area contributed by atoms with Gasteiger partial charge in [0.1, 0.15) is 0 Å². The van der Waals surface area contributed by atoms with Gasteiger partial charge in [-0.2, -0.15) is 11.8 Å². The lowest BCUT2D eigenvalue weighted by atomic mass is 9.82. The summed E-state index contributed by atoms with van der Waals surface area (Å²) in [5.41, 5.74) is -0.138. The average Bonchev–Trinajstić information content (AvgIpc) is 2.84. The predicted molar refractivity (Wildman–Crippen MR) is 75.4 cm³/mol. The number of hydrogen-bond donors (Lipinski definition) is 1. The Labute approximate surface area is 110 Å². The zero-order valence-electron chi connectivity index (χ0n) is 11.6. The molecule has 1 fully saturated rings. The van der Waals surface area contributed by atoms with E-state index < -0.39 is 0 Å². The first-order valence-electron chi connectivity index (χ1n) is 6.58. The van der Waals surface area contributed by atoms with E-state index in [1.807, 2.05) is 23.7 Å². The van der Waals surface area contributed by atoms with Gasteiger partial charge in [-0.15, -0.1) is 0 Å². The van der Waals surface area contributed by atoms with Gasteiger partial charge in [0.05, 0.1) is 5.41 Å². The van der Waals surface area contributed by atoms with Gasteiger partial charge in [0.2, 0.25) is 5.91 Å². The minimum Gasteiger partial charge on any atom is -0.341 e. The fraction of sp³-hybridized carbons (Fsp3) is 0.923. The van der Waals surface area contributed by atoms with Gasteiger partial charge in [-0.25, -0.2) is 0 Å². The molecule has 3 nitrogen and oxygen atoms in total. The summed E-state index contributed by atoms with van der Waals surface area (Å²) in [7, 11) is 1.97. The second kappa shape index (κ2) is 6.64. The maximum Gasteiger partial charge on any atom is 0.230 e. The fourth-order valence-electron chi connectivity index (χ4n) is 2.62. The Kier molecular flexibility index (Phi) is 5.80. The van der Waals surface area contributed by atoms with Crippen LogP contribution in [0.2, 0.25) is 0 Å². The van der Waals surface area contributed by atoms with E-state index in [4.69, 9.17) is 0 Å². The van der Waals surface area contributed by atoms with Crippen LogP contribution in [-0.4, -0.2) is 49.0 Å². The lowest BCUT2D eigenvalue weighted by molar-refractivity contribution is -0.141.